The zero-order chi connectivity index (χ0) is 15.7. The summed E-state index contributed by atoms with van der Waals surface area (Å²) in [4.78, 5) is 14.5. The molecule has 0 saturated heterocycles. The highest BCUT2D eigenvalue weighted by Crippen LogP contribution is 2.14. The van der Waals surface area contributed by atoms with Crippen molar-refractivity contribution >= 4 is 5.91 Å². The van der Waals surface area contributed by atoms with Gasteiger partial charge in [-0.1, -0.05) is 31.3 Å². The molecular weight excluding hydrogens is 262 g/mol. The third kappa shape index (κ3) is 5.24. The summed E-state index contributed by atoms with van der Waals surface area (Å²) in [6.07, 6.45) is 2.51. The summed E-state index contributed by atoms with van der Waals surface area (Å²) < 4.78 is 0. The van der Waals surface area contributed by atoms with Gasteiger partial charge in [-0.15, -0.1) is 0 Å². The van der Waals surface area contributed by atoms with Crippen molar-refractivity contribution in [1.82, 2.24) is 4.90 Å². The number of aliphatic hydroxyl groups excluding tert-OH is 1. The van der Waals surface area contributed by atoms with Crippen LogP contribution in [0.4, 0.5) is 0 Å². The van der Waals surface area contributed by atoms with Gasteiger partial charge < -0.3 is 10.0 Å². The third-order valence-corrected chi connectivity index (χ3v) is 3.32. The minimum Gasteiger partial charge on any atom is -0.395 e. The van der Waals surface area contributed by atoms with Crippen LogP contribution in [0.3, 0.4) is 0 Å². The normalized spacial score (nSPS) is 9.90. The number of carbonyl (C=O) groups excluding carboxylic acids is 1. The lowest BCUT2D eigenvalue weighted by Gasteiger charge is -2.21. The Balaban J connectivity index is 3.05. The highest BCUT2D eigenvalue weighted by molar-refractivity contribution is 5.96. The molecule has 0 saturated carbocycles. The van der Waals surface area contributed by atoms with Crippen molar-refractivity contribution in [3.63, 3.8) is 0 Å². The number of aryl methyl sites for hydroxylation is 1. The van der Waals surface area contributed by atoms with Gasteiger partial charge >= 0.3 is 0 Å². The van der Waals surface area contributed by atoms with E-state index >= 15 is 0 Å². The molecule has 1 rings (SSSR count). The standard InChI is InChI=1S/C18H25NO2/c1-4-6-12-19(5-2)18(21)17-11-10-15(3)14-16(17)9-7-8-13-20/h10-11,14,20H,4-6,8,12-13H2,1-3H3. The SMILES string of the molecule is CCCCN(CC)C(=O)c1ccc(C)cc1C#CCCO. The zero-order valence-corrected chi connectivity index (χ0v) is 13.3. The Morgan fingerprint density at radius 1 is 1.33 bits per heavy atom. The fourth-order valence-corrected chi connectivity index (χ4v) is 2.08. The first-order valence-corrected chi connectivity index (χ1v) is 7.63. The number of carbonyl (C=O) groups is 1. The summed E-state index contributed by atoms with van der Waals surface area (Å²) in [6.45, 7) is 7.63. The Morgan fingerprint density at radius 2 is 2.10 bits per heavy atom. The lowest BCUT2D eigenvalue weighted by Crippen LogP contribution is -2.32. The first-order valence-electron chi connectivity index (χ1n) is 7.63. The number of aliphatic hydroxyl groups is 1. The van der Waals surface area contributed by atoms with E-state index in [9.17, 15) is 4.79 Å². The van der Waals surface area contributed by atoms with Crippen LogP contribution in [-0.4, -0.2) is 35.6 Å². The summed E-state index contributed by atoms with van der Waals surface area (Å²) in [6, 6.07) is 5.73. The Labute approximate surface area is 128 Å². The molecule has 1 N–H and O–H groups in total. The van der Waals surface area contributed by atoms with Gasteiger partial charge in [-0.3, -0.25) is 4.79 Å². The molecule has 0 radical (unpaired) electrons. The zero-order valence-electron chi connectivity index (χ0n) is 13.3. The fraction of sp³-hybridized carbons (Fsp3) is 0.500. The van der Waals surface area contributed by atoms with Crippen LogP contribution in [0.5, 0.6) is 0 Å². The highest BCUT2D eigenvalue weighted by atomic mass is 16.2. The second kappa shape index (κ2) is 9.20. The van der Waals surface area contributed by atoms with Gasteiger partial charge in [-0.05, 0) is 38.0 Å². The number of unbranched alkanes of at least 4 members (excludes halogenated alkanes) is 1. The minimum absolute atomic E-state index is 0.0410. The molecular formula is C18H25NO2. The Kier molecular flexibility index (Phi) is 7.56. The molecule has 0 spiro atoms. The van der Waals surface area contributed by atoms with Crippen molar-refractivity contribution < 1.29 is 9.90 Å². The lowest BCUT2D eigenvalue weighted by atomic mass is 10.0. The smallest absolute Gasteiger partial charge is 0.255 e. The molecule has 0 unspecified atom stereocenters. The maximum atomic E-state index is 12.7. The van der Waals surface area contributed by atoms with Gasteiger partial charge in [0.25, 0.3) is 5.91 Å². The molecule has 0 aromatic heterocycles. The monoisotopic (exact) mass is 287 g/mol. The van der Waals surface area contributed by atoms with E-state index < -0.39 is 0 Å². The third-order valence-electron chi connectivity index (χ3n) is 3.32. The largest absolute Gasteiger partial charge is 0.395 e. The van der Waals surface area contributed by atoms with Gasteiger partial charge in [0.15, 0.2) is 0 Å². The fourth-order valence-electron chi connectivity index (χ4n) is 2.08. The number of hydrogen-bond acceptors (Lipinski definition) is 2. The van der Waals surface area contributed by atoms with E-state index in [1.54, 1.807) is 0 Å². The molecule has 3 nitrogen and oxygen atoms in total. The molecule has 0 aliphatic rings. The van der Waals surface area contributed by atoms with E-state index in [0.717, 1.165) is 30.5 Å². The van der Waals surface area contributed by atoms with Crippen LogP contribution in [0.2, 0.25) is 0 Å². The summed E-state index contributed by atoms with van der Waals surface area (Å²) in [5.41, 5.74) is 2.49. The van der Waals surface area contributed by atoms with Crippen LogP contribution in [0.1, 0.15) is 54.6 Å². The molecule has 0 fully saturated rings. The molecule has 0 atom stereocenters. The molecule has 21 heavy (non-hydrogen) atoms. The van der Waals surface area contributed by atoms with Gasteiger partial charge in [-0.2, -0.15) is 0 Å². The van der Waals surface area contributed by atoms with Crippen molar-refractivity contribution in [2.24, 2.45) is 0 Å². The minimum atomic E-state index is 0.0410. The van der Waals surface area contributed by atoms with Gasteiger partial charge in [0.1, 0.15) is 0 Å². The number of amides is 1. The summed E-state index contributed by atoms with van der Waals surface area (Å²) in [5, 5.41) is 8.82. The molecule has 1 aromatic rings. The number of hydrogen-bond donors (Lipinski definition) is 1. The molecule has 0 heterocycles. The number of rotatable bonds is 6. The number of benzene rings is 1. The van der Waals surface area contributed by atoms with Crippen LogP contribution in [0.15, 0.2) is 18.2 Å². The second-order valence-electron chi connectivity index (χ2n) is 5.06. The van der Waals surface area contributed by atoms with E-state index in [-0.39, 0.29) is 12.5 Å². The van der Waals surface area contributed by atoms with Crippen LogP contribution in [0, 0.1) is 18.8 Å². The topological polar surface area (TPSA) is 40.5 Å². The van der Waals surface area contributed by atoms with E-state index in [4.69, 9.17) is 5.11 Å². The average Bonchev–Trinajstić information content (AvgIpc) is 2.48. The lowest BCUT2D eigenvalue weighted by molar-refractivity contribution is 0.0762. The molecule has 0 aliphatic heterocycles. The van der Waals surface area contributed by atoms with Crippen LogP contribution >= 0.6 is 0 Å². The predicted octanol–water partition coefficient (Wildman–Crippen LogP) is 2.99. The summed E-state index contributed by atoms with van der Waals surface area (Å²) in [5.74, 6) is 5.96. The van der Waals surface area contributed by atoms with Crippen molar-refractivity contribution in [2.45, 2.75) is 40.0 Å². The van der Waals surface area contributed by atoms with Crippen molar-refractivity contribution in [3.8, 4) is 11.8 Å². The van der Waals surface area contributed by atoms with Gasteiger partial charge in [0, 0.05) is 25.1 Å². The average molecular weight is 287 g/mol. The first-order chi connectivity index (χ1) is 10.1. The van der Waals surface area contributed by atoms with E-state index in [0.29, 0.717) is 18.5 Å². The summed E-state index contributed by atoms with van der Waals surface area (Å²) >= 11 is 0. The van der Waals surface area contributed by atoms with E-state index in [1.807, 2.05) is 36.9 Å². The van der Waals surface area contributed by atoms with Gasteiger partial charge in [0.2, 0.25) is 0 Å². The Bertz CT molecular complexity index is 526. The van der Waals surface area contributed by atoms with Crippen molar-refractivity contribution in [3.05, 3.63) is 34.9 Å². The van der Waals surface area contributed by atoms with Gasteiger partial charge in [0.05, 0.1) is 12.2 Å². The molecule has 0 bridgehead atoms. The second-order valence-corrected chi connectivity index (χ2v) is 5.06. The highest BCUT2D eigenvalue weighted by Gasteiger charge is 2.16. The van der Waals surface area contributed by atoms with Gasteiger partial charge in [-0.25, -0.2) is 0 Å². The Hall–Kier alpha value is -1.79. The molecule has 114 valence electrons. The van der Waals surface area contributed by atoms with Crippen LogP contribution < -0.4 is 0 Å². The van der Waals surface area contributed by atoms with Crippen molar-refractivity contribution in [2.75, 3.05) is 19.7 Å². The maximum absolute atomic E-state index is 12.7. The predicted molar refractivity (Wildman–Crippen MR) is 86.2 cm³/mol. The molecule has 1 aromatic carbocycles. The molecule has 3 heteroatoms. The van der Waals surface area contributed by atoms with Crippen molar-refractivity contribution in [1.29, 1.82) is 0 Å². The summed E-state index contributed by atoms with van der Waals surface area (Å²) in [7, 11) is 0. The quantitative estimate of drug-likeness (QED) is 0.817. The van der Waals surface area contributed by atoms with E-state index in [1.165, 1.54) is 0 Å². The Morgan fingerprint density at radius 3 is 2.71 bits per heavy atom. The van der Waals surface area contributed by atoms with Crippen LogP contribution in [-0.2, 0) is 0 Å². The van der Waals surface area contributed by atoms with E-state index in [2.05, 4.69) is 18.8 Å². The maximum Gasteiger partial charge on any atom is 0.255 e. The molecule has 0 aliphatic carbocycles. The first kappa shape index (κ1) is 17.3. The number of nitrogens with zero attached hydrogens (tertiary/aromatic N) is 1. The molecule has 1 amide bonds. The van der Waals surface area contributed by atoms with Crippen LogP contribution in [0.25, 0.3) is 0 Å².